The molecule has 3 rings (SSSR count). The summed E-state index contributed by atoms with van der Waals surface area (Å²) in [6, 6.07) is 5.90. The number of amides is 2. The standard InChI is InChI=1S/C16H20N6O2/c1-10-4-6-13(8-11(10)2)22-9-12(5-7-14(22)23)15(24)17-16-18-19-20-21(16)3/h4,6,8,12H,5,7,9H2,1-3H3,(H,17,18,20,24). The summed E-state index contributed by atoms with van der Waals surface area (Å²) in [4.78, 5) is 26.4. The van der Waals surface area contributed by atoms with Gasteiger partial charge in [0.25, 0.3) is 0 Å². The Balaban J connectivity index is 1.75. The number of aryl methyl sites for hydroxylation is 3. The number of benzene rings is 1. The van der Waals surface area contributed by atoms with E-state index < -0.39 is 0 Å². The van der Waals surface area contributed by atoms with E-state index in [2.05, 4.69) is 20.8 Å². The van der Waals surface area contributed by atoms with Crippen LogP contribution in [0.2, 0.25) is 0 Å². The molecular weight excluding hydrogens is 308 g/mol. The fourth-order valence-electron chi connectivity index (χ4n) is 2.75. The Hall–Kier alpha value is -2.77. The van der Waals surface area contributed by atoms with Gasteiger partial charge in [-0.05, 0) is 54.0 Å². The Morgan fingerprint density at radius 3 is 2.75 bits per heavy atom. The third kappa shape index (κ3) is 3.12. The van der Waals surface area contributed by atoms with Crippen molar-refractivity contribution in [3.8, 4) is 0 Å². The van der Waals surface area contributed by atoms with Gasteiger partial charge >= 0.3 is 0 Å². The van der Waals surface area contributed by atoms with Gasteiger partial charge in [-0.25, -0.2) is 4.68 Å². The average molecular weight is 328 g/mol. The molecule has 0 saturated carbocycles. The minimum absolute atomic E-state index is 0.0441. The van der Waals surface area contributed by atoms with Gasteiger partial charge in [0.15, 0.2) is 0 Å². The molecule has 0 spiro atoms. The summed E-state index contributed by atoms with van der Waals surface area (Å²) in [7, 11) is 1.65. The predicted molar refractivity (Wildman–Crippen MR) is 88.4 cm³/mol. The summed E-state index contributed by atoms with van der Waals surface area (Å²) in [5.41, 5.74) is 3.13. The van der Waals surface area contributed by atoms with Crippen molar-refractivity contribution in [1.82, 2.24) is 20.2 Å². The van der Waals surface area contributed by atoms with E-state index >= 15 is 0 Å². The van der Waals surface area contributed by atoms with E-state index in [4.69, 9.17) is 0 Å². The second-order valence-electron chi connectivity index (χ2n) is 6.12. The van der Waals surface area contributed by atoms with Crippen LogP contribution >= 0.6 is 0 Å². The number of anilines is 2. The number of hydrogen-bond donors (Lipinski definition) is 1. The third-order valence-electron chi connectivity index (χ3n) is 4.44. The minimum Gasteiger partial charge on any atom is -0.312 e. The molecule has 1 aliphatic heterocycles. The molecule has 1 atom stereocenters. The molecule has 0 bridgehead atoms. The lowest BCUT2D eigenvalue weighted by atomic mass is 9.95. The van der Waals surface area contributed by atoms with Crippen molar-refractivity contribution >= 4 is 23.5 Å². The summed E-state index contributed by atoms with van der Waals surface area (Å²) in [5, 5.41) is 13.7. The molecule has 1 saturated heterocycles. The van der Waals surface area contributed by atoms with Crippen LogP contribution in [0.3, 0.4) is 0 Å². The molecule has 1 aromatic heterocycles. The van der Waals surface area contributed by atoms with Gasteiger partial charge in [0, 0.05) is 25.7 Å². The zero-order chi connectivity index (χ0) is 17.3. The Labute approximate surface area is 139 Å². The smallest absolute Gasteiger partial charge is 0.249 e. The molecule has 1 aliphatic rings. The number of carbonyl (C=O) groups excluding carboxylic acids is 2. The predicted octanol–water partition coefficient (Wildman–Crippen LogP) is 1.21. The van der Waals surface area contributed by atoms with Gasteiger partial charge in [0.2, 0.25) is 17.8 Å². The molecule has 24 heavy (non-hydrogen) atoms. The average Bonchev–Trinajstić information content (AvgIpc) is 2.95. The molecule has 1 N–H and O–H groups in total. The maximum Gasteiger partial charge on any atom is 0.249 e. The number of hydrogen-bond acceptors (Lipinski definition) is 5. The van der Waals surface area contributed by atoms with E-state index in [1.54, 1.807) is 11.9 Å². The topological polar surface area (TPSA) is 93.0 Å². The summed E-state index contributed by atoms with van der Waals surface area (Å²) in [6.45, 7) is 4.40. The third-order valence-corrected chi connectivity index (χ3v) is 4.44. The maximum absolute atomic E-state index is 12.5. The van der Waals surface area contributed by atoms with Crippen molar-refractivity contribution in [2.45, 2.75) is 26.7 Å². The number of nitrogens with zero attached hydrogens (tertiary/aromatic N) is 5. The van der Waals surface area contributed by atoms with Gasteiger partial charge < -0.3 is 4.90 Å². The fourth-order valence-corrected chi connectivity index (χ4v) is 2.75. The first-order valence-electron chi connectivity index (χ1n) is 7.86. The molecule has 0 radical (unpaired) electrons. The van der Waals surface area contributed by atoms with Crippen LogP contribution in [0.5, 0.6) is 0 Å². The monoisotopic (exact) mass is 328 g/mol. The van der Waals surface area contributed by atoms with Crippen molar-refractivity contribution in [1.29, 1.82) is 0 Å². The second kappa shape index (κ2) is 6.38. The molecule has 0 aliphatic carbocycles. The highest BCUT2D eigenvalue weighted by molar-refractivity contribution is 5.98. The first-order valence-corrected chi connectivity index (χ1v) is 7.86. The van der Waals surface area contributed by atoms with Gasteiger partial charge in [0.1, 0.15) is 0 Å². The van der Waals surface area contributed by atoms with Crippen LogP contribution in [0.1, 0.15) is 24.0 Å². The molecule has 1 fully saturated rings. The molecule has 1 unspecified atom stereocenters. The lowest BCUT2D eigenvalue weighted by Crippen LogP contribution is -2.44. The van der Waals surface area contributed by atoms with E-state index in [0.29, 0.717) is 25.3 Å². The Bertz CT molecular complexity index is 785. The summed E-state index contributed by atoms with van der Waals surface area (Å²) >= 11 is 0. The highest BCUT2D eigenvalue weighted by atomic mass is 16.2. The SMILES string of the molecule is Cc1ccc(N2CC(C(=O)Nc3nnnn3C)CCC2=O)cc1C. The number of nitrogens with one attached hydrogen (secondary N) is 1. The van der Waals surface area contributed by atoms with Crippen LogP contribution in [-0.4, -0.2) is 38.6 Å². The highest BCUT2D eigenvalue weighted by Gasteiger charge is 2.31. The quantitative estimate of drug-likeness (QED) is 0.914. The van der Waals surface area contributed by atoms with Crippen molar-refractivity contribution in [2.75, 3.05) is 16.8 Å². The van der Waals surface area contributed by atoms with Crippen molar-refractivity contribution in [2.24, 2.45) is 13.0 Å². The minimum atomic E-state index is -0.291. The van der Waals surface area contributed by atoms with Gasteiger partial charge in [-0.2, -0.15) is 0 Å². The molecule has 126 valence electrons. The number of tetrazole rings is 1. The zero-order valence-electron chi connectivity index (χ0n) is 14.0. The van der Waals surface area contributed by atoms with Gasteiger partial charge in [-0.3, -0.25) is 14.9 Å². The Kier molecular flexibility index (Phi) is 4.28. The lowest BCUT2D eigenvalue weighted by Gasteiger charge is -2.32. The first kappa shape index (κ1) is 16.1. The molecule has 8 heteroatoms. The molecule has 8 nitrogen and oxygen atoms in total. The van der Waals surface area contributed by atoms with E-state index in [1.165, 1.54) is 10.2 Å². The van der Waals surface area contributed by atoms with E-state index in [-0.39, 0.29) is 17.7 Å². The number of rotatable bonds is 3. The van der Waals surface area contributed by atoms with E-state index in [1.807, 2.05) is 32.0 Å². The van der Waals surface area contributed by atoms with Crippen molar-refractivity contribution < 1.29 is 9.59 Å². The van der Waals surface area contributed by atoms with Crippen molar-refractivity contribution in [3.63, 3.8) is 0 Å². The Morgan fingerprint density at radius 1 is 1.29 bits per heavy atom. The number of piperidine rings is 1. The van der Waals surface area contributed by atoms with E-state index in [0.717, 1.165) is 11.3 Å². The normalized spacial score (nSPS) is 17.9. The highest BCUT2D eigenvalue weighted by Crippen LogP contribution is 2.26. The number of carbonyl (C=O) groups is 2. The van der Waals surface area contributed by atoms with Crippen LogP contribution in [-0.2, 0) is 16.6 Å². The molecule has 1 aromatic carbocycles. The van der Waals surface area contributed by atoms with Crippen LogP contribution in [0.4, 0.5) is 11.6 Å². The molecule has 2 amide bonds. The van der Waals surface area contributed by atoms with Crippen LogP contribution in [0.25, 0.3) is 0 Å². The molecular formula is C16H20N6O2. The summed E-state index contributed by atoms with van der Waals surface area (Å²) in [6.07, 6.45) is 0.874. The number of aromatic nitrogens is 4. The summed E-state index contributed by atoms with van der Waals surface area (Å²) in [5.74, 6) is -0.118. The zero-order valence-corrected chi connectivity index (χ0v) is 14.0. The first-order chi connectivity index (χ1) is 11.5. The van der Waals surface area contributed by atoms with E-state index in [9.17, 15) is 9.59 Å². The Morgan fingerprint density at radius 2 is 2.08 bits per heavy atom. The lowest BCUT2D eigenvalue weighted by molar-refractivity contribution is -0.124. The van der Waals surface area contributed by atoms with Crippen LogP contribution < -0.4 is 10.2 Å². The van der Waals surface area contributed by atoms with Gasteiger partial charge in [-0.1, -0.05) is 11.2 Å². The summed E-state index contributed by atoms with van der Waals surface area (Å²) < 4.78 is 1.40. The van der Waals surface area contributed by atoms with Gasteiger partial charge in [-0.15, -0.1) is 0 Å². The maximum atomic E-state index is 12.5. The van der Waals surface area contributed by atoms with Crippen molar-refractivity contribution in [3.05, 3.63) is 29.3 Å². The molecule has 2 heterocycles. The van der Waals surface area contributed by atoms with Crippen LogP contribution in [0, 0.1) is 19.8 Å². The fraction of sp³-hybridized carbons (Fsp3) is 0.438. The van der Waals surface area contributed by atoms with Crippen LogP contribution in [0.15, 0.2) is 18.2 Å². The molecule has 2 aromatic rings. The largest absolute Gasteiger partial charge is 0.312 e. The second-order valence-corrected chi connectivity index (χ2v) is 6.12. The van der Waals surface area contributed by atoms with Gasteiger partial charge in [0.05, 0.1) is 5.92 Å².